The largest absolute Gasteiger partial charge is 0.508 e. The minimum Gasteiger partial charge on any atom is -0.508 e. The first kappa shape index (κ1) is 27.9. The summed E-state index contributed by atoms with van der Waals surface area (Å²) in [6, 6.07) is 30.1. The normalized spacial score (nSPS) is 21.1. The number of nitrogens with zero attached hydrogens (tertiary/aromatic N) is 3. The molecule has 8 nitrogen and oxygen atoms in total. The van der Waals surface area contributed by atoms with Gasteiger partial charge in [0.15, 0.2) is 0 Å². The number of aliphatic hydroxyl groups is 1. The molecule has 2 saturated heterocycles. The van der Waals surface area contributed by atoms with Gasteiger partial charge in [-0.15, -0.1) is 0 Å². The van der Waals surface area contributed by atoms with Gasteiger partial charge in [0.1, 0.15) is 18.0 Å². The number of aromatic hydroxyl groups is 1. The molecule has 0 radical (unpaired) electrons. The van der Waals surface area contributed by atoms with Gasteiger partial charge in [-0.3, -0.25) is 14.5 Å². The summed E-state index contributed by atoms with van der Waals surface area (Å²) >= 11 is 0. The van der Waals surface area contributed by atoms with Crippen LogP contribution >= 0.6 is 0 Å². The van der Waals surface area contributed by atoms with Gasteiger partial charge in [0, 0.05) is 32.0 Å². The summed E-state index contributed by atoms with van der Waals surface area (Å²) in [4.78, 5) is 33.6. The average Bonchev–Trinajstić information content (AvgIpc) is 3.01. The van der Waals surface area contributed by atoms with Gasteiger partial charge in [0.2, 0.25) is 11.8 Å². The molecular weight excluding hydrogens is 528 g/mol. The zero-order valence-corrected chi connectivity index (χ0v) is 23.5. The van der Waals surface area contributed by atoms with Crippen molar-refractivity contribution in [1.29, 1.82) is 0 Å². The van der Waals surface area contributed by atoms with E-state index in [1.807, 2.05) is 41.3 Å². The number of hydrogen-bond donors (Lipinski definition) is 3. The molecule has 0 aromatic heterocycles. The minimum atomic E-state index is -0.702. The van der Waals surface area contributed by atoms with E-state index in [0.717, 1.165) is 27.5 Å². The fourth-order valence-corrected chi connectivity index (χ4v) is 6.33. The number of hydrogen-bond acceptors (Lipinski definition) is 6. The lowest BCUT2D eigenvalue weighted by Gasteiger charge is -2.54. The van der Waals surface area contributed by atoms with Crippen LogP contribution in [0.5, 0.6) is 5.75 Å². The van der Waals surface area contributed by atoms with E-state index >= 15 is 0 Å². The molecule has 4 aromatic carbocycles. The van der Waals surface area contributed by atoms with E-state index in [0.29, 0.717) is 32.7 Å². The van der Waals surface area contributed by atoms with Crippen molar-refractivity contribution in [3.8, 4) is 5.75 Å². The highest BCUT2D eigenvalue weighted by Gasteiger charge is 2.49. The SMILES string of the molecule is O=C1[C@H](Cc2ccc(O)cc2)N2C(=O)C[C@@H](CO)N(CNCc3ccccc3)[C@H]2CN1Cc1cccc2ccccc12. The maximum absolute atomic E-state index is 14.2. The van der Waals surface area contributed by atoms with Crippen LogP contribution < -0.4 is 5.32 Å². The molecule has 2 aliphatic rings. The highest BCUT2D eigenvalue weighted by molar-refractivity contribution is 5.91. The molecule has 0 saturated carbocycles. The zero-order chi connectivity index (χ0) is 29.1. The first-order valence-electron chi connectivity index (χ1n) is 14.5. The number of nitrogens with one attached hydrogen (secondary N) is 1. The van der Waals surface area contributed by atoms with Crippen LogP contribution in [0, 0.1) is 0 Å². The van der Waals surface area contributed by atoms with Gasteiger partial charge in [0.25, 0.3) is 0 Å². The summed E-state index contributed by atoms with van der Waals surface area (Å²) in [5, 5.41) is 25.9. The van der Waals surface area contributed by atoms with Crippen LogP contribution in [0.25, 0.3) is 10.8 Å². The van der Waals surface area contributed by atoms with Crippen molar-refractivity contribution >= 4 is 22.6 Å². The Bertz CT molecular complexity index is 1540. The third-order valence-corrected chi connectivity index (χ3v) is 8.47. The molecule has 216 valence electrons. The molecule has 0 aliphatic carbocycles. The van der Waals surface area contributed by atoms with Crippen molar-refractivity contribution < 1.29 is 19.8 Å². The van der Waals surface area contributed by atoms with E-state index < -0.39 is 12.2 Å². The molecule has 0 unspecified atom stereocenters. The number of benzene rings is 4. The van der Waals surface area contributed by atoms with Crippen molar-refractivity contribution in [3.63, 3.8) is 0 Å². The topological polar surface area (TPSA) is 96.3 Å². The zero-order valence-electron chi connectivity index (χ0n) is 23.5. The molecule has 2 heterocycles. The number of phenolic OH excluding ortho intramolecular Hbond substituents is 1. The first-order valence-corrected chi connectivity index (χ1v) is 14.5. The van der Waals surface area contributed by atoms with Crippen LogP contribution in [0.1, 0.15) is 23.1 Å². The van der Waals surface area contributed by atoms with Gasteiger partial charge in [-0.2, -0.15) is 0 Å². The summed E-state index contributed by atoms with van der Waals surface area (Å²) in [7, 11) is 0. The van der Waals surface area contributed by atoms with Gasteiger partial charge in [0.05, 0.1) is 19.8 Å². The number of carbonyl (C=O) groups excluding carboxylic acids is 2. The summed E-state index contributed by atoms with van der Waals surface area (Å²) in [5.74, 6) is -0.0692. The fraction of sp³-hybridized carbons (Fsp3) is 0.294. The van der Waals surface area contributed by atoms with Gasteiger partial charge < -0.3 is 25.3 Å². The van der Waals surface area contributed by atoms with Crippen molar-refractivity contribution in [3.05, 3.63) is 114 Å². The molecule has 3 atom stereocenters. The molecule has 8 heteroatoms. The van der Waals surface area contributed by atoms with E-state index in [4.69, 9.17) is 0 Å². The predicted octanol–water partition coefficient (Wildman–Crippen LogP) is 3.47. The first-order chi connectivity index (χ1) is 20.5. The van der Waals surface area contributed by atoms with Crippen LogP contribution in [0.3, 0.4) is 0 Å². The van der Waals surface area contributed by atoms with Gasteiger partial charge >= 0.3 is 0 Å². The van der Waals surface area contributed by atoms with Crippen LogP contribution in [0.4, 0.5) is 0 Å². The lowest BCUT2D eigenvalue weighted by molar-refractivity contribution is -0.177. The second-order valence-electron chi connectivity index (χ2n) is 11.2. The van der Waals surface area contributed by atoms with E-state index in [2.05, 4.69) is 46.6 Å². The second-order valence-corrected chi connectivity index (χ2v) is 11.2. The van der Waals surface area contributed by atoms with Crippen molar-refractivity contribution in [1.82, 2.24) is 20.0 Å². The molecule has 2 fully saturated rings. The van der Waals surface area contributed by atoms with E-state index in [-0.39, 0.29) is 36.6 Å². The lowest BCUT2D eigenvalue weighted by Crippen LogP contribution is -2.73. The van der Waals surface area contributed by atoms with Gasteiger partial charge in [-0.1, -0.05) is 84.9 Å². The highest BCUT2D eigenvalue weighted by Crippen LogP contribution is 2.32. The van der Waals surface area contributed by atoms with Crippen LogP contribution in [0.15, 0.2) is 97.1 Å². The van der Waals surface area contributed by atoms with Crippen LogP contribution in [0.2, 0.25) is 0 Å². The quantitative estimate of drug-likeness (QED) is 0.288. The Morgan fingerprint density at radius 2 is 1.57 bits per heavy atom. The maximum atomic E-state index is 14.2. The Labute approximate surface area is 245 Å². The second kappa shape index (κ2) is 12.3. The van der Waals surface area contributed by atoms with E-state index in [1.54, 1.807) is 29.2 Å². The smallest absolute Gasteiger partial charge is 0.246 e. The van der Waals surface area contributed by atoms with Gasteiger partial charge in [-0.25, -0.2) is 0 Å². The third-order valence-electron chi connectivity index (χ3n) is 8.47. The summed E-state index contributed by atoms with van der Waals surface area (Å²) in [5.41, 5.74) is 3.06. The summed E-state index contributed by atoms with van der Waals surface area (Å²) in [6.07, 6.45) is 0.0759. The van der Waals surface area contributed by atoms with Crippen LogP contribution in [-0.4, -0.2) is 74.8 Å². The standard InChI is InChI=1S/C34H36N4O4/c39-22-28-18-33(41)38-31(17-24-13-15-29(40)16-14-24)34(42)36(20-27-11-6-10-26-9-4-5-12-30(26)27)21-32(38)37(28)23-35-19-25-7-2-1-3-8-25/h1-16,28,31-32,35,39-40H,17-23H2/t28-,31-,32+/m0/s1. The average molecular weight is 565 g/mol. The number of rotatable bonds is 9. The summed E-state index contributed by atoms with van der Waals surface area (Å²) in [6.45, 7) is 1.70. The molecule has 0 bridgehead atoms. The lowest BCUT2D eigenvalue weighted by atomic mass is 9.94. The Hall–Kier alpha value is -4.24. The monoisotopic (exact) mass is 564 g/mol. The highest BCUT2D eigenvalue weighted by atomic mass is 16.3. The molecule has 6 rings (SSSR count). The molecule has 2 aliphatic heterocycles. The number of fused-ring (bicyclic) bond motifs is 2. The maximum Gasteiger partial charge on any atom is 0.246 e. The van der Waals surface area contributed by atoms with Crippen molar-refractivity contribution in [2.45, 2.75) is 44.2 Å². The molecule has 3 N–H and O–H groups in total. The molecule has 42 heavy (non-hydrogen) atoms. The van der Waals surface area contributed by atoms with E-state index in [9.17, 15) is 19.8 Å². The Balaban J connectivity index is 1.33. The molecule has 2 amide bonds. The molecular formula is C34H36N4O4. The van der Waals surface area contributed by atoms with Gasteiger partial charge in [-0.05, 0) is 39.6 Å². The Morgan fingerprint density at radius 3 is 2.36 bits per heavy atom. The number of amides is 2. The van der Waals surface area contributed by atoms with Crippen molar-refractivity contribution in [2.24, 2.45) is 0 Å². The Morgan fingerprint density at radius 1 is 0.833 bits per heavy atom. The third kappa shape index (κ3) is 5.74. The predicted molar refractivity (Wildman–Crippen MR) is 161 cm³/mol. The summed E-state index contributed by atoms with van der Waals surface area (Å²) < 4.78 is 0. The van der Waals surface area contributed by atoms with E-state index in [1.165, 1.54) is 0 Å². The number of aliphatic hydroxyl groups excluding tert-OH is 1. The molecule has 4 aromatic rings. The molecule has 0 spiro atoms. The number of phenols is 1. The van der Waals surface area contributed by atoms with Crippen molar-refractivity contribution in [2.75, 3.05) is 19.8 Å². The van der Waals surface area contributed by atoms with Crippen LogP contribution in [-0.2, 0) is 29.1 Å². The minimum absolute atomic E-state index is 0.0970. The number of piperazine rings is 1. The number of carbonyl (C=O) groups is 2. The Kier molecular flexibility index (Phi) is 8.19. The fourth-order valence-electron chi connectivity index (χ4n) is 6.33.